The van der Waals surface area contributed by atoms with Crippen LogP contribution in [-0.4, -0.2) is 27.3 Å². The molecule has 4 rings (SSSR count). The average Bonchev–Trinajstić information content (AvgIpc) is 3.33. The van der Waals surface area contributed by atoms with E-state index < -0.39 is 17.5 Å². The molecule has 0 radical (unpaired) electrons. The number of pyridine rings is 1. The summed E-state index contributed by atoms with van der Waals surface area (Å²) < 4.78 is 35.2. The van der Waals surface area contributed by atoms with Gasteiger partial charge < -0.3 is 9.64 Å². The molecule has 6 nitrogen and oxygen atoms in total. The van der Waals surface area contributed by atoms with Gasteiger partial charge in [0.25, 0.3) is 5.91 Å². The second-order valence-electron chi connectivity index (χ2n) is 7.15. The zero-order valence-electron chi connectivity index (χ0n) is 17.2. The molecule has 0 aliphatic rings. The maximum absolute atomic E-state index is 14.5. The molecule has 0 saturated heterocycles. The summed E-state index contributed by atoms with van der Waals surface area (Å²) in [7, 11) is 1.75. The number of benzene rings is 1. The van der Waals surface area contributed by atoms with Crippen LogP contribution in [0.25, 0.3) is 11.0 Å². The van der Waals surface area contributed by atoms with Crippen LogP contribution >= 0.6 is 11.3 Å². The number of hydrogen-bond acceptors (Lipinski definition) is 5. The molecule has 1 aromatic carbocycles. The van der Waals surface area contributed by atoms with Gasteiger partial charge in [-0.1, -0.05) is 6.07 Å². The molecule has 31 heavy (non-hydrogen) atoms. The molecule has 0 atom stereocenters. The van der Waals surface area contributed by atoms with Crippen LogP contribution in [0.1, 0.15) is 16.1 Å². The fourth-order valence-electron chi connectivity index (χ4n) is 3.42. The van der Waals surface area contributed by atoms with Gasteiger partial charge in [0.15, 0.2) is 12.3 Å². The first kappa shape index (κ1) is 20.9. The molecule has 0 saturated carbocycles. The van der Waals surface area contributed by atoms with Crippen LogP contribution in [-0.2, 0) is 18.4 Å². The molecule has 1 amide bonds. The van der Waals surface area contributed by atoms with Crippen molar-refractivity contribution in [2.24, 2.45) is 7.05 Å². The monoisotopic (exact) mass is 442 g/mol. The van der Waals surface area contributed by atoms with Crippen molar-refractivity contribution >= 4 is 34.0 Å². The number of aryl methyl sites for hydroxylation is 3. The highest BCUT2D eigenvalue weighted by atomic mass is 32.1. The van der Waals surface area contributed by atoms with Crippen LogP contribution in [0.5, 0.6) is 5.88 Å². The molecule has 160 valence electrons. The fourth-order valence-corrected chi connectivity index (χ4v) is 4.12. The summed E-state index contributed by atoms with van der Waals surface area (Å²) in [6.07, 6.45) is 0. The van der Waals surface area contributed by atoms with E-state index in [2.05, 4.69) is 10.1 Å². The van der Waals surface area contributed by atoms with Gasteiger partial charge >= 0.3 is 0 Å². The molecule has 9 heteroatoms. The predicted molar refractivity (Wildman–Crippen MR) is 115 cm³/mol. The molecule has 3 heterocycles. The van der Waals surface area contributed by atoms with E-state index in [4.69, 9.17) is 4.74 Å². The van der Waals surface area contributed by atoms with Gasteiger partial charge in [-0.15, -0.1) is 16.4 Å². The van der Waals surface area contributed by atoms with Crippen molar-refractivity contribution in [1.29, 1.82) is 0 Å². The normalized spacial score (nSPS) is 11.1. The Morgan fingerprint density at radius 3 is 2.74 bits per heavy atom. The summed E-state index contributed by atoms with van der Waals surface area (Å²) in [5, 5.41) is 6.93. The van der Waals surface area contributed by atoms with E-state index in [-0.39, 0.29) is 24.7 Å². The summed E-state index contributed by atoms with van der Waals surface area (Å²) in [5.41, 5.74) is 2.42. The molecule has 0 unspecified atom stereocenters. The van der Waals surface area contributed by atoms with Gasteiger partial charge in [0.05, 0.1) is 17.6 Å². The van der Waals surface area contributed by atoms with Crippen LogP contribution in [0.3, 0.4) is 0 Å². The number of amides is 1. The SMILES string of the molecule is Cc1cc(C)c2c(OCC(=O)N(Cc3cccs3)c3ccc(F)cc3F)nn(C)c2n1. The van der Waals surface area contributed by atoms with Gasteiger partial charge in [0.2, 0.25) is 5.88 Å². The van der Waals surface area contributed by atoms with Crippen molar-refractivity contribution in [3.8, 4) is 5.88 Å². The Kier molecular flexibility index (Phi) is 5.69. The number of anilines is 1. The van der Waals surface area contributed by atoms with E-state index in [9.17, 15) is 13.6 Å². The molecular formula is C22H20F2N4O2S. The maximum atomic E-state index is 14.5. The van der Waals surface area contributed by atoms with E-state index in [0.29, 0.717) is 5.65 Å². The Bertz CT molecular complexity index is 1250. The Morgan fingerprint density at radius 1 is 1.23 bits per heavy atom. The van der Waals surface area contributed by atoms with E-state index in [1.165, 1.54) is 22.3 Å². The Hall–Kier alpha value is -3.33. The minimum Gasteiger partial charge on any atom is -0.466 e. The fraction of sp³-hybridized carbons (Fsp3) is 0.227. The summed E-state index contributed by atoms with van der Waals surface area (Å²) in [6, 6.07) is 8.74. The highest BCUT2D eigenvalue weighted by Gasteiger charge is 2.23. The van der Waals surface area contributed by atoms with Crippen LogP contribution in [0.15, 0.2) is 41.8 Å². The lowest BCUT2D eigenvalue weighted by Gasteiger charge is -2.22. The van der Waals surface area contributed by atoms with Gasteiger partial charge in [0.1, 0.15) is 11.6 Å². The Morgan fingerprint density at radius 2 is 2.03 bits per heavy atom. The first-order chi connectivity index (χ1) is 14.8. The standard InChI is InChI=1S/C22H20F2N4O2S/c1-13-9-14(2)25-21-20(13)22(26-27(21)3)30-12-19(29)28(11-16-5-4-8-31-16)18-7-6-15(23)10-17(18)24/h4-10H,11-12H2,1-3H3. The Labute approximate surface area is 181 Å². The average molecular weight is 442 g/mol. The number of rotatable bonds is 6. The third-order valence-electron chi connectivity index (χ3n) is 4.81. The number of fused-ring (bicyclic) bond motifs is 1. The number of thiophene rings is 1. The number of carbonyl (C=O) groups is 1. The lowest BCUT2D eigenvalue weighted by Crippen LogP contribution is -2.35. The molecule has 0 aliphatic carbocycles. The van der Waals surface area contributed by atoms with Gasteiger partial charge in [-0.25, -0.2) is 18.4 Å². The van der Waals surface area contributed by atoms with E-state index in [1.807, 2.05) is 37.4 Å². The summed E-state index contributed by atoms with van der Waals surface area (Å²) in [6.45, 7) is 3.60. The third kappa shape index (κ3) is 4.27. The molecule has 0 aliphatic heterocycles. The zero-order chi connectivity index (χ0) is 22.1. The number of nitrogens with zero attached hydrogens (tertiary/aromatic N) is 4. The molecule has 0 N–H and O–H groups in total. The van der Waals surface area contributed by atoms with Crippen molar-refractivity contribution in [3.05, 3.63) is 69.5 Å². The lowest BCUT2D eigenvalue weighted by atomic mass is 10.2. The van der Waals surface area contributed by atoms with Crippen molar-refractivity contribution in [2.75, 3.05) is 11.5 Å². The zero-order valence-corrected chi connectivity index (χ0v) is 18.0. The van der Waals surface area contributed by atoms with Crippen molar-refractivity contribution in [3.63, 3.8) is 0 Å². The minimum absolute atomic E-state index is 0.0113. The summed E-state index contributed by atoms with van der Waals surface area (Å²) in [4.78, 5) is 19.6. The number of halogens is 2. The van der Waals surface area contributed by atoms with Gasteiger partial charge in [-0.05, 0) is 49.1 Å². The maximum Gasteiger partial charge on any atom is 0.265 e. The van der Waals surface area contributed by atoms with E-state index in [0.717, 1.165) is 33.7 Å². The number of carbonyl (C=O) groups excluding carboxylic acids is 1. The number of hydrogen-bond donors (Lipinski definition) is 0. The summed E-state index contributed by atoms with van der Waals surface area (Å²) in [5.74, 6) is -1.72. The first-order valence-corrected chi connectivity index (χ1v) is 10.4. The highest BCUT2D eigenvalue weighted by molar-refractivity contribution is 7.09. The second-order valence-corrected chi connectivity index (χ2v) is 8.18. The highest BCUT2D eigenvalue weighted by Crippen LogP contribution is 2.28. The van der Waals surface area contributed by atoms with Crippen molar-refractivity contribution in [1.82, 2.24) is 14.8 Å². The summed E-state index contributed by atoms with van der Waals surface area (Å²) >= 11 is 1.44. The molecule has 0 fully saturated rings. The topological polar surface area (TPSA) is 60.2 Å². The van der Waals surface area contributed by atoms with Crippen molar-refractivity contribution < 1.29 is 18.3 Å². The third-order valence-corrected chi connectivity index (χ3v) is 5.68. The molecule has 4 aromatic rings. The van der Waals surface area contributed by atoms with Crippen LogP contribution in [0.4, 0.5) is 14.5 Å². The largest absolute Gasteiger partial charge is 0.466 e. The number of aromatic nitrogens is 3. The van der Waals surface area contributed by atoms with Crippen LogP contribution in [0, 0.1) is 25.5 Å². The quantitative estimate of drug-likeness (QED) is 0.440. The van der Waals surface area contributed by atoms with Gasteiger partial charge in [-0.2, -0.15) is 0 Å². The van der Waals surface area contributed by atoms with Gasteiger partial charge in [0, 0.05) is 23.7 Å². The molecule has 3 aromatic heterocycles. The predicted octanol–water partition coefficient (Wildman–Crippen LogP) is 4.54. The molecular weight excluding hydrogens is 422 g/mol. The molecule has 0 bridgehead atoms. The number of ether oxygens (including phenoxy) is 1. The van der Waals surface area contributed by atoms with E-state index >= 15 is 0 Å². The van der Waals surface area contributed by atoms with Crippen molar-refractivity contribution in [2.45, 2.75) is 20.4 Å². The smallest absolute Gasteiger partial charge is 0.265 e. The second kappa shape index (κ2) is 8.43. The Balaban J connectivity index is 1.62. The van der Waals surface area contributed by atoms with E-state index in [1.54, 1.807) is 11.7 Å². The van der Waals surface area contributed by atoms with Gasteiger partial charge in [-0.3, -0.25) is 4.79 Å². The van der Waals surface area contributed by atoms with Crippen LogP contribution in [0.2, 0.25) is 0 Å². The minimum atomic E-state index is -0.816. The molecule has 0 spiro atoms. The van der Waals surface area contributed by atoms with Crippen LogP contribution < -0.4 is 9.64 Å². The lowest BCUT2D eigenvalue weighted by molar-refractivity contribution is -0.120. The first-order valence-electron chi connectivity index (χ1n) is 9.55.